The van der Waals surface area contributed by atoms with E-state index in [0.717, 1.165) is 66.3 Å². The Balaban J connectivity index is 1.60. The first-order chi connectivity index (χ1) is 15.3. The zero-order valence-electron chi connectivity index (χ0n) is 17.1. The Kier molecular flexibility index (Phi) is 5.60. The molecule has 1 aliphatic heterocycles. The number of morpholine rings is 1. The van der Waals surface area contributed by atoms with Crippen molar-refractivity contribution in [1.29, 1.82) is 0 Å². The van der Waals surface area contributed by atoms with Crippen molar-refractivity contribution in [2.45, 2.75) is 0 Å². The Labute approximate surface area is 179 Å². The fourth-order valence-electron chi connectivity index (χ4n) is 3.97. The monoisotopic (exact) mass is 418 g/mol. The predicted molar refractivity (Wildman–Crippen MR) is 117 cm³/mol. The van der Waals surface area contributed by atoms with Crippen LogP contribution in [0.3, 0.4) is 0 Å². The molecule has 0 bridgehead atoms. The average Bonchev–Trinajstić information content (AvgIpc) is 3.15. The number of pyridine rings is 2. The molecule has 1 fully saturated rings. The Morgan fingerprint density at radius 1 is 0.935 bits per heavy atom. The molecular formula is C24H23FN4O2. The van der Waals surface area contributed by atoms with Gasteiger partial charge in [-0.2, -0.15) is 4.73 Å². The second-order valence-electron chi connectivity index (χ2n) is 7.42. The maximum absolute atomic E-state index is 13.6. The molecule has 1 aliphatic rings. The number of hydrogen-bond acceptors (Lipinski definition) is 5. The molecule has 0 radical (unpaired) electrons. The Hall–Kier alpha value is -3.29. The summed E-state index contributed by atoms with van der Waals surface area (Å²) in [7, 11) is 0. The number of rotatable bonds is 6. The van der Waals surface area contributed by atoms with Crippen LogP contribution in [0.2, 0.25) is 0 Å². The minimum Gasteiger partial charge on any atom is -0.412 e. The van der Waals surface area contributed by atoms with E-state index < -0.39 is 0 Å². The van der Waals surface area contributed by atoms with Crippen LogP contribution < -0.4 is 4.84 Å². The average molecular weight is 418 g/mol. The van der Waals surface area contributed by atoms with Gasteiger partial charge in [0.1, 0.15) is 23.5 Å². The van der Waals surface area contributed by atoms with Gasteiger partial charge in [0, 0.05) is 49.4 Å². The van der Waals surface area contributed by atoms with Crippen LogP contribution in [0.25, 0.3) is 33.4 Å². The molecule has 0 amide bonds. The van der Waals surface area contributed by atoms with Crippen molar-refractivity contribution in [3.8, 4) is 22.4 Å². The number of fused-ring (bicyclic) bond motifs is 1. The van der Waals surface area contributed by atoms with Crippen molar-refractivity contribution in [1.82, 2.24) is 19.6 Å². The van der Waals surface area contributed by atoms with Crippen LogP contribution in [0.4, 0.5) is 4.39 Å². The number of nitrogens with zero attached hydrogens (tertiary/aromatic N) is 4. The smallest absolute Gasteiger partial charge is 0.127 e. The van der Waals surface area contributed by atoms with Crippen molar-refractivity contribution in [3.05, 3.63) is 72.9 Å². The first-order valence-electron chi connectivity index (χ1n) is 10.4. The molecule has 158 valence electrons. The quantitative estimate of drug-likeness (QED) is 0.478. The second-order valence-corrected chi connectivity index (χ2v) is 7.42. The van der Waals surface area contributed by atoms with E-state index in [2.05, 4.69) is 14.9 Å². The zero-order chi connectivity index (χ0) is 21.0. The first kappa shape index (κ1) is 19.7. The number of hydrogen-bond donors (Lipinski definition) is 0. The molecule has 31 heavy (non-hydrogen) atoms. The fraction of sp³-hybridized carbons (Fsp3) is 0.250. The van der Waals surface area contributed by atoms with Crippen LogP contribution in [0.1, 0.15) is 0 Å². The first-order valence-corrected chi connectivity index (χ1v) is 10.4. The number of halogens is 1. The summed E-state index contributed by atoms with van der Waals surface area (Å²) in [6, 6.07) is 14.3. The van der Waals surface area contributed by atoms with Crippen LogP contribution in [0.5, 0.6) is 0 Å². The number of benzene rings is 1. The minimum atomic E-state index is -0.271. The van der Waals surface area contributed by atoms with Crippen LogP contribution in [-0.4, -0.2) is 59.1 Å². The van der Waals surface area contributed by atoms with Crippen molar-refractivity contribution >= 4 is 11.0 Å². The van der Waals surface area contributed by atoms with Crippen LogP contribution >= 0.6 is 0 Å². The highest BCUT2D eigenvalue weighted by Crippen LogP contribution is 2.39. The largest absolute Gasteiger partial charge is 0.412 e. The lowest BCUT2D eigenvalue weighted by Crippen LogP contribution is -2.39. The summed E-state index contributed by atoms with van der Waals surface area (Å²) in [6.07, 6.45) is 5.28. The van der Waals surface area contributed by atoms with E-state index in [1.165, 1.54) is 12.1 Å². The van der Waals surface area contributed by atoms with Gasteiger partial charge in [0.2, 0.25) is 0 Å². The molecular weight excluding hydrogens is 395 g/mol. The lowest BCUT2D eigenvalue weighted by molar-refractivity contribution is 0.0197. The van der Waals surface area contributed by atoms with Gasteiger partial charge < -0.3 is 9.57 Å². The molecule has 0 atom stereocenters. The van der Waals surface area contributed by atoms with Gasteiger partial charge >= 0.3 is 0 Å². The summed E-state index contributed by atoms with van der Waals surface area (Å²) >= 11 is 0. The highest BCUT2D eigenvalue weighted by atomic mass is 19.1. The molecule has 1 saturated heterocycles. The van der Waals surface area contributed by atoms with E-state index in [-0.39, 0.29) is 5.82 Å². The van der Waals surface area contributed by atoms with Crippen molar-refractivity contribution in [2.75, 3.05) is 39.5 Å². The van der Waals surface area contributed by atoms with Gasteiger partial charge in [-0.1, -0.05) is 12.1 Å². The van der Waals surface area contributed by atoms with E-state index in [9.17, 15) is 4.39 Å². The van der Waals surface area contributed by atoms with E-state index in [4.69, 9.17) is 9.57 Å². The normalized spacial score (nSPS) is 14.7. The zero-order valence-corrected chi connectivity index (χ0v) is 17.1. The molecule has 0 saturated carbocycles. The lowest BCUT2D eigenvalue weighted by atomic mass is 10.0. The highest BCUT2D eigenvalue weighted by Gasteiger charge is 2.22. The van der Waals surface area contributed by atoms with Gasteiger partial charge in [0.05, 0.1) is 18.9 Å². The summed E-state index contributed by atoms with van der Waals surface area (Å²) in [5.41, 5.74) is 5.31. The molecule has 7 heteroatoms. The number of aromatic nitrogens is 3. The molecule has 0 unspecified atom stereocenters. The molecule has 0 spiro atoms. The van der Waals surface area contributed by atoms with Crippen LogP contribution in [0, 0.1) is 5.82 Å². The standard InChI is InChI=1S/C24H23FN4O2/c25-20-5-3-18(4-6-20)22-23-21(2-1-9-27-23)29(24(22)19-7-10-26-11-8-19)31-17-14-28-12-15-30-16-13-28/h1-11H,12-17H2. The van der Waals surface area contributed by atoms with Gasteiger partial charge in [-0.25, -0.2) is 4.39 Å². The molecule has 1 aromatic carbocycles. The summed E-state index contributed by atoms with van der Waals surface area (Å²) in [6.45, 7) is 4.68. The van der Waals surface area contributed by atoms with Gasteiger partial charge in [-0.05, 0) is 42.0 Å². The maximum atomic E-state index is 13.6. The summed E-state index contributed by atoms with van der Waals surface area (Å²) in [5, 5.41) is 0. The summed E-state index contributed by atoms with van der Waals surface area (Å²) in [4.78, 5) is 17.5. The van der Waals surface area contributed by atoms with Crippen molar-refractivity contribution < 1.29 is 14.0 Å². The molecule has 5 rings (SSSR count). The van der Waals surface area contributed by atoms with Crippen LogP contribution in [0.15, 0.2) is 67.1 Å². The minimum absolute atomic E-state index is 0.271. The second kappa shape index (κ2) is 8.83. The van der Waals surface area contributed by atoms with Gasteiger partial charge in [0.15, 0.2) is 0 Å². The van der Waals surface area contributed by atoms with E-state index >= 15 is 0 Å². The molecule has 3 aromatic heterocycles. The topological polar surface area (TPSA) is 52.4 Å². The third-order valence-corrected chi connectivity index (χ3v) is 5.50. The lowest BCUT2D eigenvalue weighted by Gasteiger charge is -2.26. The van der Waals surface area contributed by atoms with Gasteiger partial charge in [0.25, 0.3) is 0 Å². The van der Waals surface area contributed by atoms with Crippen LogP contribution in [-0.2, 0) is 4.74 Å². The maximum Gasteiger partial charge on any atom is 0.127 e. The summed E-state index contributed by atoms with van der Waals surface area (Å²) in [5.74, 6) is -0.271. The Morgan fingerprint density at radius 3 is 2.48 bits per heavy atom. The third kappa shape index (κ3) is 4.02. The predicted octanol–water partition coefficient (Wildman–Crippen LogP) is 3.67. The molecule has 4 heterocycles. The summed E-state index contributed by atoms with van der Waals surface area (Å²) < 4.78 is 20.9. The Morgan fingerprint density at radius 2 is 1.71 bits per heavy atom. The molecule has 0 N–H and O–H groups in total. The van der Waals surface area contributed by atoms with Gasteiger partial charge in [-0.3, -0.25) is 14.9 Å². The number of ether oxygens (including phenoxy) is 1. The van der Waals surface area contributed by atoms with Crippen molar-refractivity contribution in [2.24, 2.45) is 0 Å². The van der Waals surface area contributed by atoms with E-state index in [1.54, 1.807) is 30.7 Å². The van der Waals surface area contributed by atoms with Gasteiger partial charge in [-0.15, -0.1) is 0 Å². The Bertz CT molecular complexity index is 1160. The van der Waals surface area contributed by atoms with E-state index in [0.29, 0.717) is 6.61 Å². The SMILES string of the molecule is Fc1ccc(-c2c(-c3ccncc3)n(OCCN3CCOCC3)c3cccnc23)cc1. The van der Waals surface area contributed by atoms with E-state index in [1.807, 2.05) is 29.0 Å². The molecule has 6 nitrogen and oxygen atoms in total. The third-order valence-electron chi connectivity index (χ3n) is 5.50. The van der Waals surface area contributed by atoms with Crippen molar-refractivity contribution in [3.63, 3.8) is 0 Å². The molecule has 4 aromatic rings. The molecule has 0 aliphatic carbocycles. The fourth-order valence-corrected chi connectivity index (χ4v) is 3.97. The highest BCUT2D eigenvalue weighted by molar-refractivity contribution is 6.01.